The third kappa shape index (κ3) is 2.88. The van der Waals surface area contributed by atoms with E-state index in [1.807, 2.05) is 6.07 Å². The summed E-state index contributed by atoms with van der Waals surface area (Å²) < 4.78 is 35.6. The van der Waals surface area contributed by atoms with Crippen molar-refractivity contribution in [3.05, 3.63) is 39.0 Å². The predicted octanol–water partition coefficient (Wildman–Crippen LogP) is 0.162. The Morgan fingerprint density at radius 3 is 2.44 bits per heavy atom. The first kappa shape index (κ1) is 19.3. The lowest BCUT2D eigenvalue weighted by atomic mass is 9.92. The number of rotatable bonds is 5. The summed E-state index contributed by atoms with van der Waals surface area (Å²) in [4.78, 5) is 24.9. The minimum Gasteiger partial charge on any atom is -0.372 e. The molecule has 1 N–H and O–H groups in total. The summed E-state index contributed by atoms with van der Waals surface area (Å²) in [5, 5.41) is 9.48. The number of benzene rings is 1. The zero-order chi connectivity index (χ0) is 20.0. The van der Waals surface area contributed by atoms with E-state index < -0.39 is 32.9 Å². The maximum absolute atomic E-state index is 12.8. The highest BCUT2D eigenvalue weighted by molar-refractivity contribution is 7.89. The Labute approximate surface area is 155 Å². The highest BCUT2D eigenvalue weighted by atomic mass is 32.2. The largest absolute Gasteiger partial charge is 0.372 e. The second-order valence-electron chi connectivity index (χ2n) is 6.40. The van der Waals surface area contributed by atoms with Crippen LogP contribution in [0.2, 0.25) is 0 Å². The standard InChI is InChI=1S/C17H20N4O5S/c1-4-20-14-7-6-12(8-13(14)15(22)21(5-2)16(20)23)27(24,25)19-17(9-18)10-26-11(17)3/h6-8,11,19H,4-5,10H2,1-3H3/t11?,17-/m0/s1. The lowest BCUT2D eigenvalue weighted by Crippen LogP contribution is -2.66. The fourth-order valence-electron chi connectivity index (χ4n) is 3.13. The number of sulfonamides is 1. The zero-order valence-corrected chi connectivity index (χ0v) is 16.0. The molecular formula is C17H20N4O5S. The van der Waals surface area contributed by atoms with Gasteiger partial charge in [0.1, 0.15) is 0 Å². The third-order valence-electron chi connectivity index (χ3n) is 4.91. The molecule has 0 saturated carbocycles. The highest BCUT2D eigenvalue weighted by Crippen LogP contribution is 2.27. The Hall–Kier alpha value is -2.48. The third-order valence-corrected chi connectivity index (χ3v) is 6.42. The molecule has 2 aromatic rings. The number of nitrogens with zero attached hydrogens (tertiary/aromatic N) is 3. The molecular weight excluding hydrogens is 372 g/mol. The van der Waals surface area contributed by atoms with Crippen LogP contribution in [0.5, 0.6) is 0 Å². The molecule has 2 heterocycles. The van der Waals surface area contributed by atoms with Crippen LogP contribution >= 0.6 is 0 Å². The number of nitriles is 1. The lowest BCUT2D eigenvalue weighted by molar-refractivity contribution is -0.102. The van der Waals surface area contributed by atoms with Crippen LogP contribution in [0, 0.1) is 11.3 Å². The van der Waals surface area contributed by atoms with Crippen LogP contribution in [0.1, 0.15) is 20.8 Å². The average molecular weight is 392 g/mol. The second kappa shape index (κ2) is 6.60. The van der Waals surface area contributed by atoms with Gasteiger partial charge in [-0.15, -0.1) is 0 Å². The number of aryl methyl sites for hydroxylation is 1. The number of hydrogen-bond donors (Lipinski definition) is 1. The second-order valence-corrected chi connectivity index (χ2v) is 8.08. The average Bonchev–Trinajstić information content (AvgIpc) is 2.65. The van der Waals surface area contributed by atoms with E-state index in [1.165, 1.54) is 22.8 Å². The lowest BCUT2D eigenvalue weighted by Gasteiger charge is -2.41. The molecule has 0 amide bonds. The van der Waals surface area contributed by atoms with Crippen molar-refractivity contribution in [2.75, 3.05) is 6.61 Å². The maximum atomic E-state index is 12.8. The minimum absolute atomic E-state index is 0.0461. The first-order valence-corrected chi connectivity index (χ1v) is 10.0. The summed E-state index contributed by atoms with van der Waals surface area (Å²) in [6.45, 7) is 5.52. The van der Waals surface area contributed by atoms with Gasteiger partial charge in [0.05, 0.1) is 34.6 Å². The van der Waals surface area contributed by atoms with Crippen molar-refractivity contribution < 1.29 is 13.2 Å². The summed E-state index contributed by atoms with van der Waals surface area (Å²) in [5.74, 6) is 0. The molecule has 1 saturated heterocycles. The van der Waals surface area contributed by atoms with Gasteiger partial charge in [0.25, 0.3) is 5.56 Å². The van der Waals surface area contributed by atoms with Gasteiger partial charge in [0.2, 0.25) is 10.0 Å². The zero-order valence-electron chi connectivity index (χ0n) is 15.2. The molecule has 10 heteroatoms. The number of aromatic nitrogens is 2. The van der Waals surface area contributed by atoms with Gasteiger partial charge in [-0.1, -0.05) is 0 Å². The van der Waals surface area contributed by atoms with Crippen LogP contribution in [0.25, 0.3) is 10.9 Å². The van der Waals surface area contributed by atoms with E-state index in [-0.39, 0.29) is 23.4 Å². The number of hydrogen-bond acceptors (Lipinski definition) is 6. The molecule has 1 aromatic heterocycles. The summed E-state index contributed by atoms with van der Waals surface area (Å²) in [6.07, 6.45) is -0.583. The Bertz CT molecular complexity index is 1170. The van der Waals surface area contributed by atoms with Gasteiger partial charge in [-0.3, -0.25) is 13.9 Å². The molecule has 1 aliphatic rings. The molecule has 1 unspecified atom stereocenters. The number of ether oxygens (including phenoxy) is 1. The van der Waals surface area contributed by atoms with E-state index in [9.17, 15) is 23.3 Å². The smallest absolute Gasteiger partial charge is 0.331 e. The summed E-state index contributed by atoms with van der Waals surface area (Å²) in [5.41, 5.74) is -1.95. The van der Waals surface area contributed by atoms with Crippen LogP contribution in [-0.2, 0) is 27.8 Å². The molecule has 1 aromatic carbocycles. The maximum Gasteiger partial charge on any atom is 0.331 e. The Kier molecular flexibility index (Phi) is 4.71. The molecule has 1 aliphatic heterocycles. The fraction of sp³-hybridized carbons (Fsp3) is 0.471. The summed E-state index contributed by atoms with van der Waals surface area (Å²) in [6, 6.07) is 5.96. The van der Waals surface area contributed by atoms with Gasteiger partial charge in [-0.2, -0.15) is 9.98 Å². The molecule has 1 fully saturated rings. The Morgan fingerprint density at radius 1 is 1.30 bits per heavy atom. The van der Waals surface area contributed by atoms with Crippen molar-refractivity contribution in [2.24, 2.45) is 0 Å². The van der Waals surface area contributed by atoms with Crippen LogP contribution in [0.15, 0.2) is 32.7 Å². The van der Waals surface area contributed by atoms with Crippen molar-refractivity contribution in [3.63, 3.8) is 0 Å². The monoisotopic (exact) mass is 392 g/mol. The number of fused-ring (bicyclic) bond motifs is 1. The summed E-state index contributed by atoms with van der Waals surface area (Å²) in [7, 11) is -4.07. The normalized spacial score (nSPS) is 22.4. The van der Waals surface area contributed by atoms with Gasteiger partial charge in [-0.05, 0) is 39.0 Å². The molecule has 3 rings (SSSR count). The quantitative estimate of drug-likeness (QED) is 0.773. The molecule has 0 radical (unpaired) electrons. The first-order valence-electron chi connectivity index (χ1n) is 8.55. The molecule has 0 bridgehead atoms. The molecule has 2 atom stereocenters. The highest BCUT2D eigenvalue weighted by Gasteiger charge is 2.49. The molecule has 144 valence electrons. The van der Waals surface area contributed by atoms with E-state index in [0.29, 0.717) is 12.1 Å². The van der Waals surface area contributed by atoms with Crippen molar-refractivity contribution in [2.45, 2.75) is 50.4 Å². The Balaban J connectivity index is 2.19. The van der Waals surface area contributed by atoms with Crippen molar-refractivity contribution in [1.82, 2.24) is 13.9 Å². The fourth-order valence-corrected chi connectivity index (χ4v) is 4.52. The van der Waals surface area contributed by atoms with Crippen LogP contribution in [-0.4, -0.2) is 35.8 Å². The van der Waals surface area contributed by atoms with Crippen LogP contribution in [0.4, 0.5) is 0 Å². The summed E-state index contributed by atoms with van der Waals surface area (Å²) >= 11 is 0. The van der Waals surface area contributed by atoms with E-state index >= 15 is 0 Å². The van der Waals surface area contributed by atoms with Crippen molar-refractivity contribution in [3.8, 4) is 6.07 Å². The predicted molar refractivity (Wildman–Crippen MR) is 97.9 cm³/mol. The van der Waals surface area contributed by atoms with E-state index in [1.54, 1.807) is 20.8 Å². The van der Waals surface area contributed by atoms with Gasteiger partial charge < -0.3 is 4.74 Å². The van der Waals surface area contributed by atoms with Crippen molar-refractivity contribution in [1.29, 1.82) is 5.26 Å². The van der Waals surface area contributed by atoms with Gasteiger partial charge in [0, 0.05) is 13.1 Å². The molecule has 9 nitrogen and oxygen atoms in total. The topological polar surface area (TPSA) is 123 Å². The molecule has 0 spiro atoms. The Morgan fingerprint density at radius 2 is 1.96 bits per heavy atom. The molecule has 27 heavy (non-hydrogen) atoms. The van der Waals surface area contributed by atoms with Gasteiger partial charge >= 0.3 is 5.69 Å². The number of nitrogens with one attached hydrogen (secondary N) is 1. The molecule has 0 aliphatic carbocycles. The van der Waals surface area contributed by atoms with Crippen LogP contribution in [0.3, 0.4) is 0 Å². The van der Waals surface area contributed by atoms with E-state index in [2.05, 4.69) is 4.72 Å². The van der Waals surface area contributed by atoms with Crippen molar-refractivity contribution >= 4 is 20.9 Å². The SMILES string of the molecule is CCn1c(=O)c2cc(S(=O)(=O)N[C@@]3(C#N)COC3C)ccc2n(CC)c1=O. The minimum atomic E-state index is -4.07. The van der Waals surface area contributed by atoms with E-state index in [4.69, 9.17) is 4.74 Å². The van der Waals surface area contributed by atoms with Gasteiger partial charge in [-0.25, -0.2) is 13.2 Å². The first-order chi connectivity index (χ1) is 12.7. The van der Waals surface area contributed by atoms with Gasteiger partial charge in [0.15, 0.2) is 5.54 Å². The van der Waals surface area contributed by atoms with E-state index in [0.717, 1.165) is 4.57 Å². The van der Waals surface area contributed by atoms with Crippen LogP contribution < -0.4 is 16.0 Å².